The van der Waals surface area contributed by atoms with Crippen molar-refractivity contribution >= 4 is 5.91 Å². The summed E-state index contributed by atoms with van der Waals surface area (Å²) >= 11 is 0. The smallest absolute Gasteiger partial charge is 0.220 e. The number of nitrogens with zero attached hydrogens (tertiary/aromatic N) is 2. The lowest BCUT2D eigenvalue weighted by molar-refractivity contribution is -0.121. The van der Waals surface area contributed by atoms with Crippen LogP contribution in [0, 0.1) is 0 Å². The molecule has 1 N–H and O–H groups in total. The zero-order valence-electron chi connectivity index (χ0n) is 15.9. The largest absolute Gasteiger partial charge is 0.425 e. The number of benzene rings is 2. The van der Waals surface area contributed by atoms with Crippen LogP contribution in [0.4, 0.5) is 0 Å². The van der Waals surface area contributed by atoms with Gasteiger partial charge in [-0.15, -0.1) is 10.2 Å². The second-order valence-electron chi connectivity index (χ2n) is 7.38. The second kappa shape index (κ2) is 8.83. The van der Waals surface area contributed by atoms with E-state index in [1.54, 1.807) is 0 Å². The maximum Gasteiger partial charge on any atom is 0.220 e. The molecule has 1 aliphatic carbocycles. The van der Waals surface area contributed by atoms with E-state index < -0.39 is 0 Å². The van der Waals surface area contributed by atoms with Crippen LogP contribution in [0.3, 0.4) is 0 Å². The Balaban J connectivity index is 1.29. The summed E-state index contributed by atoms with van der Waals surface area (Å²) in [6, 6.07) is 19.0. The molecule has 0 unspecified atom stereocenters. The van der Waals surface area contributed by atoms with Crippen molar-refractivity contribution in [1.82, 2.24) is 15.5 Å². The van der Waals surface area contributed by atoms with Gasteiger partial charge in [0.05, 0.1) is 6.42 Å². The highest BCUT2D eigenvalue weighted by Crippen LogP contribution is 2.20. The van der Waals surface area contributed by atoms with Gasteiger partial charge >= 0.3 is 0 Å². The van der Waals surface area contributed by atoms with E-state index in [0.29, 0.717) is 37.1 Å². The predicted molar refractivity (Wildman–Crippen MR) is 108 cm³/mol. The molecule has 0 atom stereocenters. The van der Waals surface area contributed by atoms with Gasteiger partial charge in [-0.25, -0.2) is 0 Å². The molecular weight excluding hydrogens is 350 g/mol. The van der Waals surface area contributed by atoms with E-state index in [0.717, 1.165) is 18.4 Å². The number of carbonyl (C=O) groups excluding carboxylic acids is 1. The number of amides is 1. The summed E-state index contributed by atoms with van der Waals surface area (Å²) in [4.78, 5) is 12.0. The van der Waals surface area contributed by atoms with Crippen LogP contribution in [-0.4, -0.2) is 22.1 Å². The van der Waals surface area contributed by atoms with Crippen LogP contribution in [0.25, 0.3) is 11.1 Å². The first-order valence-corrected chi connectivity index (χ1v) is 10.0. The van der Waals surface area contributed by atoms with E-state index in [4.69, 9.17) is 4.42 Å². The molecule has 28 heavy (non-hydrogen) atoms. The van der Waals surface area contributed by atoms with E-state index in [2.05, 4.69) is 51.9 Å². The fourth-order valence-corrected chi connectivity index (χ4v) is 3.67. The third-order valence-electron chi connectivity index (χ3n) is 5.21. The molecule has 0 spiro atoms. The van der Waals surface area contributed by atoms with Crippen molar-refractivity contribution in [2.45, 2.75) is 51.0 Å². The van der Waals surface area contributed by atoms with Gasteiger partial charge in [-0.1, -0.05) is 67.4 Å². The first-order valence-electron chi connectivity index (χ1n) is 10.0. The molecule has 1 heterocycles. The summed E-state index contributed by atoms with van der Waals surface area (Å²) in [7, 11) is 0. The fourth-order valence-electron chi connectivity index (χ4n) is 3.67. The standard InChI is InChI=1S/C23H25N3O2/c27-21(24-20-8-4-5-9-20)14-15-22-25-26-23(28-22)16-17-10-12-19(13-11-17)18-6-2-1-3-7-18/h1-3,6-7,10-13,20H,4-5,8-9,14-16H2,(H,24,27). The summed E-state index contributed by atoms with van der Waals surface area (Å²) in [6.45, 7) is 0. The zero-order valence-corrected chi connectivity index (χ0v) is 15.9. The number of carbonyl (C=O) groups is 1. The molecule has 1 fully saturated rings. The average molecular weight is 375 g/mol. The first kappa shape index (κ1) is 18.4. The summed E-state index contributed by atoms with van der Waals surface area (Å²) in [5.41, 5.74) is 3.50. The van der Waals surface area contributed by atoms with Gasteiger partial charge in [0.25, 0.3) is 0 Å². The molecule has 0 saturated heterocycles. The predicted octanol–water partition coefficient (Wildman–Crippen LogP) is 4.32. The second-order valence-corrected chi connectivity index (χ2v) is 7.38. The summed E-state index contributed by atoms with van der Waals surface area (Å²) < 4.78 is 5.72. The van der Waals surface area contributed by atoms with Crippen molar-refractivity contribution < 1.29 is 9.21 Å². The molecule has 2 aromatic carbocycles. The topological polar surface area (TPSA) is 68.0 Å². The molecule has 0 aliphatic heterocycles. The molecule has 1 aliphatic rings. The van der Waals surface area contributed by atoms with E-state index in [9.17, 15) is 4.79 Å². The maximum atomic E-state index is 12.0. The van der Waals surface area contributed by atoms with Gasteiger partial charge in [0.2, 0.25) is 17.7 Å². The molecule has 5 heteroatoms. The minimum Gasteiger partial charge on any atom is -0.425 e. The van der Waals surface area contributed by atoms with Gasteiger partial charge in [-0.2, -0.15) is 0 Å². The fraction of sp³-hybridized carbons (Fsp3) is 0.348. The van der Waals surface area contributed by atoms with Gasteiger partial charge < -0.3 is 9.73 Å². The van der Waals surface area contributed by atoms with Gasteiger partial charge in [0.15, 0.2) is 0 Å². The average Bonchev–Trinajstić information content (AvgIpc) is 3.40. The SMILES string of the molecule is O=C(CCc1nnc(Cc2ccc(-c3ccccc3)cc2)o1)NC1CCCC1. The van der Waals surface area contributed by atoms with E-state index >= 15 is 0 Å². The number of rotatable bonds is 7. The lowest BCUT2D eigenvalue weighted by atomic mass is 10.0. The van der Waals surface area contributed by atoms with Gasteiger partial charge in [-0.05, 0) is 29.5 Å². The van der Waals surface area contributed by atoms with Gasteiger partial charge in [0.1, 0.15) is 0 Å². The van der Waals surface area contributed by atoms with Gasteiger partial charge in [-0.3, -0.25) is 4.79 Å². The van der Waals surface area contributed by atoms with E-state index in [1.807, 2.05) is 18.2 Å². The van der Waals surface area contributed by atoms with Crippen LogP contribution >= 0.6 is 0 Å². The maximum absolute atomic E-state index is 12.0. The van der Waals surface area contributed by atoms with Crippen molar-refractivity contribution in [3.05, 3.63) is 71.9 Å². The molecule has 1 amide bonds. The number of nitrogens with one attached hydrogen (secondary N) is 1. The normalized spacial score (nSPS) is 14.3. The highest BCUT2D eigenvalue weighted by atomic mass is 16.4. The van der Waals surface area contributed by atoms with Crippen LogP contribution in [-0.2, 0) is 17.6 Å². The van der Waals surface area contributed by atoms with Crippen molar-refractivity contribution in [3.8, 4) is 11.1 Å². The Hall–Kier alpha value is -2.95. The number of aromatic nitrogens is 2. The van der Waals surface area contributed by atoms with E-state index in [1.165, 1.54) is 24.0 Å². The van der Waals surface area contributed by atoms with Crippen molar-refractivity contribution in [2.75, 3.05) is 0 Å². The van der Waals surface area contributed by atoms with Crippen LogP contribution in [0.1, 0.15) is 49.4 Å². The molecule has 0 bridgehead atoms. The molecule has 3 aromatic rings. The molecule has 0 radical (unpaired) electrons. The van der Waals surface area contributed by atoms with Gasteiger partial charge in [0, 0.05) is 18.9 Å². The van der Waals surface area contributed by atoms with Crippen LogP contribution in [0.15, 0.2) is 59.0 Å². The Labute approximate surface area is 165 Å². The van der Waals surface area contributed by atoms with Crippen molar-refractivity contribution in [2.24, 2.45) is 0 Å². The molecule has 5 nitrogen and oxygen atoms in total. The zero-order chi connectivity index (χ0) is 19.2. The molecule has 1 saturated carbocycles. The molecule has 4 rings (SSSR count). The lowest BCUT2D eigenvalue weighted by Crippen LogP contribution is -2.32. The number of hydrogen-bond acceptors (Lipinski definition) is 4. The quantitative estimate of drug-likeness (QED) is 0.668. The summed E-state index contributed by atoms with van der Waals surface area (Å²) in [5.74, 6) is 1.18. The van der Waals surface area contributed by atoms with Crippen LogP contribution in [0.5, 0.6) is 0 Å². The number of aryl methyl sites for hydroxylation is 1. The minimum atomic E-state index is 0.0724. The molecule has 144 valence electrons. The molecular formula is C23H25N3O2. The monoisotopic (exact) mass is 375 g/mol. The molecule has 1 aromatic heterocycles. The lowest BCUT2D eigenvalue weighted by Gasteiger charge is -2.10. The summed E-state index contributed by atoms with van der Waals surface area (Å²) in [6.07, 6.45) is 6.09. The number of hydrogen-bond donors (Lipinski definition) is 1. The Bertz CT molecular complexity index is 897. The van der Waals surface area contributed by atoms with Crippen LogP contribution < -0.4 is 5.32 Å². The first-order chi connectivity index (χ1) is 13.8. The van der Waals surface area contributed by atoms with E-state index in [-0.39, 0.29) is 5.91 Å². The Morgan fingerprint density at radius 1 is 0.929 bits per heavy atom. The highest BCUT2D eigenvalue weighted by molar-refractivity contribution is 5.76. The minimum absolute atomic E-state index is 0.0724. The highest BCUT2D eigenvalue weighted by Gasteiger charge is 2.17. The van der Waals surface area contributed by atoms with Crippen LogP contribution in [0.2, 0.25) is 0 Å². The van der Waals surface area contributed by atoms with Crippen molar-refractivity contribution in [3.63, 3.8) is 0 Å². The van der Waals surface area contributed by atoms with Crippen molar-refractivity contribution in [1.29, 1.82) is 0 Å². The Kier molecular flexibility index (Phi) is 5.80. The summed E-state index contributed by atoms with van der Waals surface area (Å²) in [5, 5.41) is 11.3. The Morgan fingerprint density at radius 2 is 1.61 bits per heavy atom. The third kappa shape index (κ3) is 4.85. The Morgan fingerprint density at radius 3 is 2.36 bits per heavy atom. The third-order valence-corrected chi connectivity index (χ3v) is 5.21.